The lowest BCUT2D eigenvalue weighted by molar-refractivity contribution is 0.0702. The van der Waals surface area contributed by atoms with Crippen LogP contribution in [0.5, 0.6) is 0 Å². The van der Waals surface area contributed by atoms with E-state index in [1.165, 1.54) is 11.3 Å². The minimum Gasteiger partial charge on any atom is -0.334 e. The molecule has 0 saturated carbocycles. The molecule has 1 saturated heterocycles. The smallest absolute Gasteiger partial charge is 0.273 e. The zero-order valence-corrected chi connectivity index (χ0v) is 13.0. The summed E-state index contributed by atoms with van der Waals surface area (Å²) in [6.07, 6.45) is 0.532. The van der Waals surface area contributed by atoms with Crippen molar-refractivity contribution in [3.63, 3.8) is 0 Å². The molecule has 1 aliphatic rings. The largest absolute Gasteiger partial charge is 0.334 e. The van der Waals surface area contributed by atoms with Gasteiger partial charge in [0.05, 0.1) is 16.5 Å². The molecule has 1 amide bonds. The lowest BCUT2D eigenvalue weighted by Crippen LogP contribution is -2.41. The molecule has 0 spiro atoms. The highest BCUT2D eigenvalue weighted by Crippen LogP contribution is 2.23. The molecule has 5 nitrogen and oxygen atoms in total. The van der Waals surface area contributed by atoms with Gasteiger partial charge < -0.3 is 4.90 Å². The molecular weight excluding hydrogens is 284 g/mol. The third kappa shape index (κ3) is 2.97. The predicted molar refractivity (Wildman–Crippen MR) is 75.4 cm³/mol. The third-order valence-corrected chi connectivity index (χ3v) is 5.99. The molecule has 19 heavy (non-hydrogen) atoms. The molecule has 1 unspecified atom stereocenters. The molecule has 7 heteroatoms. The van der Waals surface area contributed by atoms with E-state index in [0.29, 0.717) is 18.7 Å². The maximum absolute atomic E-state index is 12.5. The molecule has 0 N–H and O–H groups in total. The van der Waals surface area contributed by atoms with Crippen molar-refractivity contribution in [1.29, 1.82) is 0 Å². The van der Waals surface area contributed by atoms with E-state index in [2.05, 4.69) is 4.98 Å². The van der Waals surface area contributed by atoms with E-state index in [4.69, 9.17) is 0 Å². The van der Waals surface area contributed by atoms with Crippen LogP contribution in [-0.2, 0) is 9.84 Å². The van der Waals surface area contributed by atoms with E-state index in [9.17, 15) is 13.2 Å². The summed E-state index contributed by atoms with van der Waals surface area (Å²) >= 11 is 1.49. The minimum atomic E-state index is -2.98. The summed E-state index contributed by atoms with van der Waals surface area (Å²) < 4.78 is 23.1. The van der Waals surface area contributed by atoms with Gasteiger partial charge in [-0.15, -0.1) is 11.3 Å². The molecular formula is C12H18N2O3S2. The van der Waals surface area contributed by atoms with Crippen LogP contribution < -0.4 is 0 Å². The fourth-order valence-electron chi connectivity index (χ4n) is 2.45. The maximum atomic E-state index is 12.5. The van der Waals surface area contributed by atoms with Crippen LogP contribution in [0.2, 0.25) is 0 Å². The second kappa shape index (κ2) is 5.20. The highest BCUT2D eigenvalue weighted by molar-refractivity contribution is 7.91. The van der Waals surface area contributed by atoms with E-state index >= 15 is 0 Å². The molecule has 1 aromatic heterocycles. The summed E-state index contributed by atoms with van der Waals surface area (Å²) in [5.41, 5.74) is 0.466. The summed E-state index contributed by atoms with van der Waals surface area (Å²) in [4.78, 5) is 19.3. The maximum Gasteiger partial charge on any atom is 0.273 e. The first kappa shape index (κ1) is 14.5. The average Bonchev–Trinajstić information content (AvgIpc) is 2.82. The normalized spacial score (nSPS) is 21.5. The first-order chi connectivity index (χ1) is 8.84. The molecule has 0 aromatic carbocycles. The van der Waals surface area contributed by atoms with Crippen LogP contribution in [0.4, 0.5) is 0 Å². The molecule has 0 radical (unpaired) electrons. The first-order valence-corrected chi connectivity index (χ1v) is 8.93. The topological polar surface area (TPSA) is 67.3 Å². The molecule has 1 fully saturated rings. The Bertz CT molecular complexity index is 592. The van der Waals surface area contributed by atoms with Gasteiger partial charge in [0.1, 0.15) is 5.69 Å². The molecule has 1 aromatic rings. The number of sulfone groups is 1. The number of aromatic nitrogens is 1. The highest BCUT2D eigenvalue weighted by Gasteiger charge is 2.35. The molecule has 0 bridgehead atoms. The Morgan fingerprint density at radius 2 is 2.16 bits per heavy atom. The van der Waals surface area contributed by atoms with E-state index < -0.39 is 9.84 Å². The van der Waals surface area contributed by atoms with Gasteiger partial charge in [-0.25, -0.2) is 13.4 Å². The number of nitrogens with zero attached hydrogens (tertiary/aromatic N) is 2. The fourth-order valence-corrected chi connectivity index (χ4v) is 4.99. The van der Waals surface area contributed by atoms with Gasteiger partial charge in [0.2, 0.25) is 0 Å². The van der Waals surface area contributed by atoms with E-state index in [0.717, 1.165) is 9.88 Å². The molecule has 2 rings (SSSR count). The molecule has 0 aliphatic carbocycles. The van der Waals surface area contributed by atoms with Crippen molar-refractivity contribution in [1.82, 2.24) is 9.88 Å². The lowest BCUT2D eigenvalue weighted by atomic mass is 10.2. The van der Waals surface area contributed by atoms with Crippen molar-refractivity contribution >= 4 is 27.1 Å². The Hall–Kier alpha value is -0.950. The van der Waals surface area contributed by atoms with Gasteiger partial charge >= 0.3 is 0 Å². The number of thiazole rings is 1. The van der Waals surface area contributed by atoms with Crippen molar-refractivity contribution in [2.75, 3.05) is 18.1 Å². The lowest BCUT2D eigenvalue weighted by Gasteiger charge is -2.26. The van der Waals surface area contributed by atoms with Gasteiger partial charge in [0.25, 0.3) is 5.91 Å². The van der Waals surface area contributed by atoms with Gasteiger partial charge in [-0.05, 0) is 27.2 Å². The van der Waals surface area contributed by atoms with E-state index in [-0.39, 0.29) is 23.5 Å². The first-order valence-electron chi connectivity index (χ1n) is 6.29. The number of aryl methyl sites for hydroxylation is 2. The summed E-state index contributed by atoms with van der Waals surface area (Å²) in [5, 5.41) is 0.857. The van der Waals surface area contributed by atoms with Gasteiger partial charge in [-0.3, -0.25) is 4.79 Å². The number of hydrogen-bond acceptors (Lipinski definition) is 5. The number of hydrogen-bond donors (Lipinski definition) is 0. The monoisotopic (exact) mass is 302 g/mol. The zero-order valence-electron chi connectivity index (χ0n) is 11.3. The zero-order chi connectivity index (χ0) is 14.2. The Labute approximate surface area is 117 Å². The molecule has 2 heterocycles. The van der Waals surface area contributed by atoms with Crippen molar-refractivity contribution in [2.45, 2.75) is 33.2 Å². The summed E-state index contributed by atoms with van der Waals surface area (Å²) in [6.45, 7) is 6.12. The number of carbonyl (C=O) groups is 1. The quantitative estimate of drug-likeness (QED) is 0.846. The van der Waals surface area contributed by atoms with Gasteiger partial charge in [-0.1, -0.05) is 0 Å². The van der Waals surface area contributed by atoms with Gasteiger partial charge in [0.15, 0.2) is 9.84 Å². The Balaban J connectivity index is 2.23. The second-order valence-corrected chi connectivity index (χ2v) is 8.42. The summed E-state index contributed by atoms with van der Waals surface area (Å²) in [7, 11) is -2.98. The van der Waals surface area contributed by atoms with Crippen LogP contribution in [-0.4, -0.2) is 48.3 Å². The minimum absolute atomic E-state index is 0.0781. The third-order valence-electron chi connectivity index (χ3n) is 3.36. The van der Waals surface area contributed by atoms with Gasteiger partial charge in [-0.2, -0.15) is 0 Å². The Morgan fingerprint density at radius 1 is 1.47 bits per heavy atom. The van der Waals surface area contributed by atoms with Crippen LogP contribution in [0.3, 0.4) is 0 Å². The Kier molecular flexibility index (Phi) is 3.96. The number of carbonyl (C=O) groups excluding carboxylic acids is 1. The van der Waals surface area contributed by atoms with Crippen LogP contribution in [0.15, 0.2) is 0 Å². The van der Waals surface area contributed by atoms with E-state index in [1.807, 2.05) is 20.8 Å². The van der Waals surface area contributed by atoms with Crippen LogP contribution in [0, 0.1) is 13.8 Å². The molecule has 106 valence electrons. The molecule has 1 atom stereocenters. The highest BCUT2D eigenvalue weighted by atomic mass is 32.2. The average molecular weight is 302 g/mol. The van der Waals surface area contributed by atoms with Crippen LogP contribution in [0.25, 0.3) is 0 Å². The number of rotatable bonds is 3. The van der Waals surface area contributed by atoms with Crippen molar-refractivity contribution in [2.24, 2.45) is 0 Å². The standard InChI is InChI=1S/C12H18N2O3S2/c1-4-14(10-5-6-19(16,17)7-10)12(15)11-8(2)18-9(3)13-11/h10H,4-7H2,1-3H3. The summed E-state index contributed by atoms with van der Waals surface area (Å²) in [5.74, 6) is 0.108. The van der Waals surface area contributed by atoms with Gasteiger partial charge in [0, 0.05) is 17.5 Å². The van der Waals surface area contributed by atoms with Crippen LogP contribution in [0.1, 0.15) is 33.7 Å². The van der Waals surface area contributed by atoms with E-state index in [1.54, 1.807) is 4.90 Å². The van der Waals surface area contributed by atoms with Crippen molar-refractivity contribution in [3.05, 3.63) is 15.6 Å². The van der Waals surface area contributed by atoms with Crippen molar-refractivity contribution in [3.8, 4) is 0 Å². The number of amides is 1. The fraction of sp³-hybridized carbons (Fsp3) is 0.667. The van der Waals surface area contributed by atoms with Crippen molar-refractivity contribution < 1.29 is 13.2 Å². The van der Waals surface area contributed by atoms with Crippen LogP contribution >= 0.6 is 11.3 Å². The predicted octanol–water partition coefficient (Wildman–Crippen LogP) is 1.41. The molecule has 1 aliphatic heterocycles. The SMILES string of the molecule is CCN(C(=O)c1nc(C)sc1C)C1CCS(=O)(=O)C1. The Morgan fingerprint density at radius 3 is 2.58 bits per heavy atom. The summed E-state index contributed by atoms with van der Waals surface area (Å²) in [6, 6.07) is -0.205. The second-order valence-electron chi connectivity index (χ2n) is 4.79.